The van der Waals surface area contributed by atoms with Crippen LogP contribution in [0.25, 0.3) is 0 Å². The maximum Gasteiger partial charge on any atom is 0.269 e. The van der Waals surface area contributed by atoms with Gasteiger partial charge in [-0.3, -0.25) is 4.79 Å². The van der Waals surface area contributed by atoms with Crippen molar-refractivity contribution in [3.05, 3.63) is 42.5 Å². The van der Waals surface area contributed by atoms with Crippen LogP contribution in [0.15, 0.2) is 42.5 Å². The van der Waals surface area contributed by atoms with Crippen LogP contribution in [0.1, 0.15) is 6.92 Å². The summed E-state index contributed by atoms with van der Waals surface area (Å²) in [6.07, 6.45) is -1.12. The quantitative estimate of drug-likeness (QED) is 0.923. The van der Waals surface area contributed by atoms with Gasteiger partial charge in [0, 0.05) is 11.8 Å². The molecule has 2 heterocycles. The third kappa shape index (κ3) is 2.52. The number of para-hydroxylation sites is 2. The minimum atomic E-state index is -0.727. The Balaban J connectivity index is 1.51. The van der Waals surface area contributed by atoms with Gasteiger partial charge >= 0.3 is 0 Å². The van der Waals surface area contributed by atoms with Gasteiger partial charge in [0.05, 0.1) is 0 Å². The molecule has 23 heavy (non-hydrogen) atoms. The number of nitrogens with one attached hydrogen (secondary N) is 1. The van der Waals surface area contributed by atoms with E-state index in [0.29, 0.717) is 28.7 Å². The van der Waals surface area contributed by atoms with Gasteiger partial charge in [0.1, 0.15) is 6.10 Å². The average Bonchev–Trinajstić information content (AvgIpc) is 3.01. The molecule has 0 radical (unpaired) electrons. The molecule has 1 amide bonds. The first-order valence-electron chi connectivity index (χ1n) is 7.33. The lowest BCUT2D eigenvalue weighted by Gasteiger charge is -2.31. The molecule has 6 nitrogen and oxygen atoms in total. The Hall–Kier alpha value is -2.89. The monoisotopic (exact) mass is 313 g/mol. The van der Waals surface area contributed by atoms with Gasteiger partial charge in [-0.2, -0.15) is 0 Å². The van der Waals surface area contributed by atoms with E-state index in [2.05, 4.69) is 5.32 Å². The maximum absolute atomic E-state index is 12.5. The van der Waals surface area contributed by atoms with Gasteiger partial charge < -0.3 is 24.3 Å². The molecule has 2 aromatic carbocycles. The van der Waals surface area contributed by atoms with E-state index in [0.717, 1.165) is 0 Å². The highest BCUT2D eigenvalue weighted by Gasteiger charge is 2.34. The third-order valence-corrected chi connectivity index (χ3v) is 3.74. The summed E-state index contributed by atoms with van der Waals surface area (Å²) in [5.41, 5.74) is 0.619. The molecule has 6 heteroatoms. The molecule has 4 rings (SSSR count). The Kier molecular flexibility index (Phi) is 3.22. The van der Waals surface area contributed by atoms with E-state index in [4.69, 9.17) is 18.9 Å². The fourth-order valence-corrected chi connectivity index (χ4v) is 2.59. The number of anilines is 1. The molecule has 0 saturated carbocycles. The summed E-state index contributed by atoms with van der Waals surface area (Å²) < 4.78 is 22.1. The van der Waals surface area contributed by atoms with Crippen molar-refractivity contribution in [1.82, 2.24) is 0 Å². The number of fused-ring (bicyclic) bond motifs is 2. The summed E-state index contributed by atoms with van der Waals surface area (Å²) in [4.78, 5) is 12.5. The predicted molar refractivity (Wildman–Crippen MR) is 82.1 cm³/mol. The maximum atomic E-state index is 12.5. The van der Waals surface area contributed by atoms with Crippen LogP contribution >= 0.6 is 0 Å². The van der Waals surface area contributed by atoms with Crippen LogP contribution in [-0.2, 0) is 4.79 Å². The van der Waals surface area contributed by atoms with Gasteiger partial charge in [0.15, 0.2) is 23.0 Å². The van der Waals surface area contributed by atoms with Gasteiger partial charge in [-0.15, -0.1) is 0 Å². The first-order valence-corrected chi connectivity index (χ1v) is 7.33. The molecule has 0 fully saturated rings. The van der Waals surface area contributed by atoms with Crippen molar-refractivity contribution in [3.8, 4) is 23.0 Å². The minimum Gasteiger partial charge on any atom is -0.482 e. The Bertz CT molecular complexity index is 760. The fourth-order valence-electron chi connectivity index (χ4n) is 2.59. The van der Waals surface area contributed by atoms with Crippen molar-refractivity contribution in [2.75, 3.05) is 12.1 Å². The van der Waals surface area contributed by atoms with Crippen LogP contribution in [0.4, 0.5) is 5.69 Å². The molecular formula is C17H15NO5. The largest absolute Gasteiger partial charge is 0.482 e. The smallest absolute Gasteiger partial charge is 0.269 e. The summed E-state index contributed by atoms with van der Waals surface area (Å²) in [5.74, 6) is 2.22. The van der Waals surface area contributed by atoms with Crippen LogP contribution in [0.5, 0.6) is 23.0 Å². The molecule has 2 aliphatic heterocycles. The van der Waals surface area contributed by atoms with E-state index in [1.165, 1.54) is 0 Å². The van der Waals surface area contributed by atoms with Gasteiger partial charge in [0.2, 0.25) is 12.9 Å². The van der Waals surface area contributed by atoms with Crippen molar-refractivity contribution in [3.63, 3.8) is 0 Å². The summed E-state index contributed by atoms with van der Waals surface area (Å²) >= 11 is 0. The zero-order chi connectivity index (χ0) is 15.8. The SMILES string of the molecule is C[C@H]1Oc2ccccc2O[C@@H]1C(=O)Nc1ccc2c(c1)OCO2. The molecule has 0 aromatic heterocycles. The average molecular weight is 313 g/mol. The van der Waals surface area contributed by atoms with E-state index < -0.39 is 6.10 Å². The molecule has 118 valence electrons. The number of carbonyl (C=O) groups is 1. The van der Waals surface area contributed by atoms with E-state index in [9.17, 15) is 4.79 Å². The van der Waals surface area contributed by atoms with Crippen molar-refractivity contribution in [1.29, 1.82) is 0 Å². The Morgan fingerprint density at radius 2 is 1.74 bits per heavy atom. The molecule has 2 aliphatic rings. The summed E-state index contributed by atoms with van der Waals surface area (Å²) in [5, 5.41) is 2.82. The highest BCUT2D eigenvalue weighted by molar-refractivity contribution is 5.95. The van der Waals surface area contributed by atoms with Crippen molar-refractivity contribution in [2.45, 2.75) is 19.1 Å². The Morgan fingerprint density at radius 1 is 1.00 bits per heavy atom. The predicted octanol–water partition coefficient (Wildman–Crippen LogP) is 2.58. The van der Waals surface area contributed by atoms with Crippen LogP contribution in [0.3, 0.4) is 0 Å². The second-order valence-corrected chi connectivity index (χ2v) is 5.37. The summed E-state index contributed by atoms with van der Waals surface area (Å²) in [6, 6.07) is 12.5. The van der Waals surface area contributed by atoms with Crippen molar-refractivity contribution in [2.24, 2.45) is 0 Å². The highest BCUT2D eigenvalue weighted by atomic mass is 16.7. The normalized spacial score (nSPS) is 20.9. The molecule has 2 aromatic rings. The van der Waals surface area contributed by atoms with Crippen molar-refractivity contribution >= 4 is 11.6 Å². The number of rotatable bonds is 2. The van der Waals surface area contributed by atoms with Gasteiger partial charge in [-0.25, -0.2) is 0 Å². The van der Waals surface area contributed by atoms with E-state index >= 15 is 0 Å². The fraction of sp³-hybridized carbons (Fsp3) is 0.235. The van der Waals surface area contributed by atoms with Gasteiger partial charge in [-0.1, -0.05) is 12.1 Å². The molecule has 0 spiro atoms. The minimum absolute atomic E-state index is 0.195. The molecule has 0 bridgehead atoms. The zero-order valence-electron chi connectivity index (χ0n) is 12.4. The number of ether oxygens (including phenoxy) is 4. The van der Waals surface area contributed by atoms with Crippen LogP contribution < -0.4 is 24.3 Å². The first-order chi connectivity index (χ1) is 11.2. The summed E-state index contributed by atoms with van der Waals surface area (Å²) in [7, 11) is 0. The summed E-state index contributed by atoms with van der Waals surface area (Å²) in [6.45, 7) is 2.00. The Labute approximate surface area is 132 Å². The number of benzene rings is 2. The lowest BCUT2D eigenvalue weighted by molar-refractivity contribution is -0.128. The molecular weight excluding hydrogens is 298 g/mol. The lowest BCUT2D eigenvalue weighted by atomic mass is 10.1. The number of carbonyl (C=O) groups excluding carboxylic acids is 1. The zero-order valence-corrected chi connectivity index (χ0v) is 12.4. The van der Waals surface area contributed by atoms with E-state index in [1.54, 1.807) is 31.2 Å². The van der Waals surface area contributed by atoms with Gasteiger partial charge in [0.25, 0.3) is 5.91 Å². The number of hydrogen-bond donors (Lipinski definition) is 1. The van der Waals surface area contributed by atoms with E-state index in [-0.39, 0.29) is 18.8 Å². The topological polar surface area (TPSA) is 66.0 Å². The second kappa shape index (κ2) is 5.39. The molecule has 0 aliphatic carbocycles. The second-order valence-electron chi connectivity index (χ2n) is 5.37. The number of amides is 1. The number of hydrogen-bond acceptors (Lipinski definition) is 5. The molecule has 1 N–H and O–H groups in total. The first kappa shape index (κ1) is 13.8. The highest BCUT2D eigenvalue weighted by Crippen LogP contribution is 2.35. The lowest BCUT2D eigenvalue weighted by Crippen LogP contribution is -2.46. The van der Waals surface area contributed by atoms with Crippen LogP contribution in [0.2, 0.25) is 0 Å². The van der Waals surface area contributed by atoms with E-state index in [1.807, 2.05) is 18.2 Å². The Morgan fingerprint density at radius 3 is 2.57 bits per heavy atom. The molecule has 0 unspecified atom stereocenters. The molecule has 2 atom stereocenters. The standard InChI is InChI=1S/C17H15NO5/c1-10-16(23-14-5-3-2-4-13(14)22-10)17(19)18-11-6-7-12-15(8-11)21-9-20-12/h2-8,10,16H,9H2,1H3,(H,18,19)/t10-,16+/m1/s1. The third-order valence-electron chi connectivity index (χ3n) is 3.74. The van der Waals surface area contributed by atoms with Crippen LogP contribution in [0, 0.1) is 0 Å². The van der Waals surface area contributed by atoms with Crippen LogP contribution in [-0.4, -0.2) is 24.9 Å². The molecule has 0 saturated heterocycles. The van der Waals surface area contributed by atoms with Crippen molar-refractivity contribution < 1.29 is 23.7 Å². The van der Waals surface area contributed by atoms with Gasteiger partial charge in [-0.05, 0) is 31.2 Å².